The molecule has 1 aromatic carbocycles. The van der Waals surface area contributed by atoms with E-state index in [-0.39, 0.29) is 17.8 Å². The molecule has 1 atom stereocenters. The first-order chi connectivity index (χ1) is 9.26. The summed E-state index contributed by atoms with van der Waals surface area (Å²) >= 11 is 0. The van der Waals surface area contributed by atoms with Crippen molar-refractivity contribution in [1.29, 1.82) is 0 Å². The van der Waals surface area contributed by atoms with Crippen molar-refractivity contribution in [2.45, 2.75) is 33.3 Å². The fraction of sp³-hybridized carbons (Fsp3) is 0.467. The van der Waals surface area contributed by atoms with Gasteiger partial charge in [-0.05, 0) is 23.6 Å². The molecule has 5 nitrogen and oxygen atoms in total. The summed E-state index contributed by atoms with van der Waals surface area (Å²) in [6, 6.07) is 4.87. The Morgan fingerprint density at radius 3 is 2.60 bits per heavy atom. The molecular formula is C15H18O5. The average molecular weight is 278 g/mol. The zero-order valence-corrected chi connectivity index (χ0v) is 11.8. The normalized spacial score (nSPS) is 17.6. The second-order valence-corrected chi connectivity index (χ2v) is 6.08. The number of rotatable bonds is 3. The first-order valence-corrected chi connectivity index (χ1v) is 6.46. The highest BCUT2D eigenvalue weighted by molar-refractivity contribution is 5.97. The fourth-order valence-electron chi connectivity index (χ4n) is 1.95. The number of Topliss-reactive ketones (excluding diaryl/α,β-unsaturated/α-hetero) is 1. The average Bonchev–Trinajstić information content (AvgIpc) is 2.35. The van der Waals surface area contributed by atoms with Crippen molar-refractivity contribution in [2.24, 2.45) is 5.41 Å². The summed E-state index contributed by atoms with van der Waals surface area (Å²) in [4.78, 5) is 23.0. The highest BCUT2D eigenvalue weighted by Gasteiger charge is 2.28. The van der Waals surface area contributed by atoms with Crippen molar-refractivity contribution in [3.63, 3.8) is 0 Å². The van der Waals surface area contributed by atoms with Gasteiger partial charge in [0.1, 0.15) is 6.61 Å². The van der Waals surface area contributed by atoms with Crippen LogP contribution in [0, 0.1) is 5.41 Å². The maximum absolute atomic E-state index is 12.1. The monoisotopic (exact) mass is 278 g/mol. The number of carboxylic acids is 1. The minimum absolute atomic E-state index is 0.00125. The molecule has 2 rings (SSSR count). The van der Waals surface area contributed by atoms with Crippen LogP contribution in [0.15, 0.2) is 18.2 Å². The third-order valence-electron chi connectivity index (χ3n) is 2.89. The molecule has 0 amide bonds. The molecule has 0 radical (unpaired) electrons. The van der Waals surface area contributed by atoms with Crippen LogP contribution in [-0.4, -0.2) is 29.6 Å². The van der Waals surface area contributed by atoms with Gasteiger partial charge in [-0.2, -0.15) is 0 Å². The highest BCUT2D eigenvalue weighted by Crippen LogP contribution is 2.33. The zero-order valence-electron chi connectivity index (χ0n) is 11.8. The third kappa shape index (κ3) is 3.29. The van der Waals surface area contributed by atoms with Gasteiger partial charge in [0.25, 0.3) is 0 Å². The minimum atomic E-state index is -1.08. The summed E-state index contributed by atoms with van der Waals surface area (Å²) < 4.78 is 10.7. The van der Waals surface area contributed by atoms with Crippen LogP contribution < -0.4 is 9.47 Å². The van der Waals surface area contributed by atoms with Crippen LogP contribution in [0.5, 0.6) is 11.5 Å². The molecule has 1 aromatic rings. The van der Waals surface area contributed by atoms with E-state index in [2.05, 4.69) is 0 Å². The van der Waals surface area contributed by atoms with Crippen LogP contribution in [0.25, 0.3) is 0 Å². The Morgan fingerprint density at radius 2 is 2.00 bits per heavy atom. The van der Waals surface area contributed by atoms with E-state index in [4.69, 9.17) is 14.6 Å². The summed E-state index contributed by atoms with van der Waals surface area (Å²) in [6.45, 7) is 5.94. The lowest BCUT2D eigenvalue weighted by Gasteiger charge is -2.24. The number of carbonyl (C=O) groups excluding carboxylic acids is 1. The van der Waals surface area contributed by atoms with Gasteiger partial charge in [-0.3, -0.25) is 4.79 Å². The molecule has 5 heteroatoms. The van der Waals surface area contributed by atoms with E-state index < -0.39 is 12.1 Å². The topological polar surface area (TPSA) is 72.8 Å². The van der Waals surface area contributed by atoms with Gasteiger partial charge in [-0.1, -0.05) is 20.8 Å². The van der Waals surface area contributed by atoms with Crippen LogP contribution in [0.3, 0.4) is 0 Å². The Morgan fingerprint density at radius 1 is 1.30 bits per heavy atom. The summed E-state index contributed by atoms with van der Waals surface area (Å²) in [6.07, 6.45) is -0.620. The van der Waals surface area contributed by atoms with Gasteiger partial charge in [0.15, 0.2) is 17.3 Å². The lowest BCUT2D eigenvalue weighted by molar-refractivity contribution is -0.147. The van der Waals surface area contributed by atoms with Gasteiger partial charge < -0.3 is 14.6 Å². The number of carbonyl (C=O) groups is 2. The van der Waals surface area contributed by atoms with Gasteiger partial charge in [0.2, 0.25) is 6.10 Å². The van der Waals surface area contributed by atoms with Crippen molar-refractivity contribution < 1.29 is 24.2 Å². The van der Waals surface area contributed by atoms with E-state index in [1.807, 2.05) is 20.8 Å². The fourth-order valence-corrected chi connectivity index (χ4v) is 1.95. The SMILES string of the molecule is CC(C)(C)CC(=O)c1ccc2c(c1)OC(C(=O)O)CO2. The van der Waals surface area contributed by atoms with E-state index >= 15 is 0 Å². The molecule has 1 aliphatic heterocycles. The Hall–Kier alpha value is -2.04. The lowest BCUT2D eigenvalue weighted by atomic mass is 9.88. The van der Waals surface area contributed by atoms with Crippen LogP contribution in [0.4, 0.5) is 0 Å². The first kappa shape index (κ1) is 14.4. The summed E-state index contributed by atoms with van der Waals surface area (Å²) in [5, 5.41) is 8.92. The van der Waals surface area contributed by atoms with Crippen molar-refractivity contribution in [3.8, 4) is 11.5 Å². The van der Waals surface area contributed by atoms with Crippen molar-refractivity contribution in [1.82, 2.24) is 0 Å². The molecule has 0 spiro atoms. The standard InChI is InChI=1S/C15H18O5/c1-15(2,3)7-10(16)9-4-5-11-12(6-9)20-13(8-19-11)14(17)18/h4-6,13H,7-8H2,1-3H3,(H,17,18). The van der Waals surface area contributed by atoms with Crippen molar-refractivity contribution >= 4 is 11.8 Å². The second kappa shape index (κ2) is 5.15. The molecule has 0 aliphatic carbocycles. The summed E-state index contributed by atoms with van der Waals surface area (Å²) in [5.41, 5.74) is 0.404. The Kier molecular flexibility index (Phi) is 3.70. The second-order valence-electron chi connectivity index (χ2n) is 6.08. The van der Waals surface area contributed by atoms with Crippen LogP contribution in [-0.2, 0) is 4.79 Å². The van der Waals surface area contributed by atoms with Crippen LogP contribution >= 0.6 is 0 Å². The van der Waals surface area contributed by atoms with E-state index in [0.717, 1.165) is 0 Å². The predicted octanol–water partition coefficient (Wildman–Crippen LogP) is 2.53. The molecule has 0 saturated heterocycles. The Balaban J connectivity index is 2.21. The molecule has 1 aliphatic rings. The zero-order chi connectivity index (χ0) is 14.9. The van der Waals surface area contributed by atoms with E-state index in [0.29, 0.717) is 23.5 Å². The largest absolute Gasteiger partial charge is 0.485 e. The van der Waals surface area contributed by atoms with E-state index in [1.54, 1.807) is 18.2 Å². The number of ether oxygens (including phenoxy) is 2. The Bertz CT molecular complexity index is 542. The molecular weight excluding hydrogens is 260 g/mol. The molecule has 1 N–H and O–H groups in total. The predicted molar refractivity (Wildman–Crippen MR) is 72.4 cm³/mol. The van der Waals surface area contributed by atoms with Gasteiger partial charge >= 0.3 is 5.97 Å². The number of hydrogen-bond donors (Lipinski definition) is 1. The van der Waals surface area contributed by atoms with Gasteiger partial charge in [-0.25, -0.2) is 4.79 Å². The van der Waals surface area contributed by atoms with Gasteiger partial charge in [0.05, 0.1) is 0 Å². The molecule has 1 unspecified atom stereocenters. The molecule has 108 valence electrons. The molecule has 0 bridgehead atoms. The number of ketones is 1. The van der Waals surface area contributed by atoms with Gasteiger partial charge in [-0.15, -0.1) is 0 Å². The molecule has 0 aromatic heterocycles. The van der Waals surface area contributed by atoms with Crippen molar-refractivity contribution in [2.75, 3.05) is 6.61 Å². The van der Waals surface area contributed by atoms with Crippen molar-refractivity contribution in [3.05, 3.63) is 23.8 Å². The first-order valence-electron chi connectivity index (χ1n) is 6.46. The maximum atomic E-state index is 12.1. The van der Waals surface area contributed by atoms with Crippen LogP contribution in [0.2, 0.25) is 0 Å². The number of fused-ring (bicyclic) bond motifs is 1. The van der Waals surface area contributed by atoms with Crippen LogP contribution in [0.1, 0.15) is 37.6 Å². The molecule has 0 saturated carbocycles. The molecule has 0 fully saturated rings. The molecule has 20 heavy (non-hydrogen) atoms. The van der Waals surface area contributed by atoms with Gasteiger partial charge in [0, 0.05) is 12.0 Å². The number of aliphatic carboxylic acids is 1. The maximum Gasteiger partial charge on any atom is 0.348 e. The third-order valence-corrected chi connectivity index (χ3v) is 2.89. The Labute approximate surface area is 117 Å². The molecule has 1 heterocycles. The van der Waals surface area contributed by atoms with E-state index in [1.165, 1.54) is 0 Å². The van der Waals surface area contributed by atoms with E-state index in [9.17, 15) is 9.59 Å². The smallest absolute Gasteiger partial charge is 0.348 e. The number of hydrogen-bond acceptors (Lipinski definition) is 4. The number of benzene rings is 1. The summed E-state index contributed by atoms with van der Waals surface area (Å²) in [5.74, 6) is -0.304. The summed E-state index contributed by atoms with van der Waals surface area (Å²) in [7, 11) is 0. The number of carboxylic acid groups (broad SMARTS) is 1. The minimum Gasteiger partial charge on any atom is -0.485 e. The lowest BCUT2D eigenvalue weighted by Crippen LogP contribution is -2.36. The highest BCUT2D eigenvalue weighted by atomic mass is 16.6. The quantitative estimate of drug-likeness (QED) is 0.860.